The van der Waals surface area contributed by atoms with Crippen molar-refractivity contribution in [3.63, 3.8) is 0 Å². The molecule has 1 unspecified atom stereocenters. The number of rotatable bonds is 11. The van der Waals surface area contributed by atoms with Gasteiger partial charge < -0.3 is 19.7 Å². The van der Waals surface area contributed by atoms with Gasteiger partial charge in [-0.25, -0.2) is 0 Å². The van der Waals surface area contributed by atoms with Gasteiger partial charge in [-0.2, -0.15) is 0 Å². The van der Waals surface area contributed by atoms with E-state index in [4.69, 9.17) is 4.74 Å². The Labute approximate surface area is 174 Å². The van der Waals surface area contributed by atoms with Gasteiger partial charge in [0, 0.05) is 19.2 Å². The van der Waals surface area contributed by atoms with Gasteiger partial charge >= 0.3 is 0 Å². The van der Waals surface area contributed by atoms with Crippen LogP contribution in [0.4, 0.5) is 5.69 Å². The number of methoxy groups -OCH3 is 1. The number of nitrogens with one attached hydrogen (secondary N) is 2. The highest BCUT2D eigenvalue weighted by molar-refractivity contribution is 7.98. The molecule has 0 aliphatic rings. The number of likely N-dealkylation sites (N-methyl/N-ethyl adjacent to an activating group) is 1. The first kappa shape index (κ1) is 22.4. The molecule has 0 aliphatic carbocycles. The summed E-state index contributed by atoms with van der Waals surface area (Å²) in [7, 11) is 3.26. The number of anilines is 1. The van der Waals surface area contributed by atoms with Crippen LogP contribution < -0.4 is 19.7 Å². The van der Waals surface area contributed by atoms with Crippen LogP contribution in [-0.2, 0) is 20.8 Å². The molecule has 29 heavy (non-hydrogen) atoms. The summed E-state index contributed by atoms with van der Waals surface area (Å²) in [5.41, 5.74) is 1.64. The third kappa shape index (κ3) is 7.24. The number of ether oxygens (including phenoxy) is 1. The number of hydrogen-bond acceptors (Lipinski definition) is 6. The second-order valence-electron chi connectivity index (χ2n) is 6.21. The summed E-state index contributed by atoms with van der Waals surface area (Å²) >= 11 is 1.12. The lowest BCUT2D eigenvalue weighted by Crippen LogP contribution is -2.49. The van der Waals surface area contributed by atoms with E-state index in [1.807, 2.05) is 30.3 Å². The van der Waals surface area contributed by atoms with Gasteiger partial charge in [0.1, 0.15) is 18.1 Å². The molecule has 0 fully saturated rings. The molecule has 8 heteroatoms. The van der Waals surface area contributed by atoms with Gasteiger partial charge in [0.05, 0.1) is 19.4 Å². The molecule has 1 atom stereocenters. The SMILES string of the molecule is COc1ccc(N(C)C(=O)C(Cc2ccccc2)NC(=O)CSNCC=O)cc1. The first-order valence-corrected chi connectivity index (χ1v) is 10.1. The van der Waals surface area contributed by atoms with Crippen LogP contribution in [0.5, 0.6) is 5.75 Å². The van der Waals surface area contributed by atoms with E-state index >= 15 is 0 Å². The van der Waals surface area contributed by atoms with E-state index in [1.54, 1.807) is 38.4 Å². The Morgan fingerprint density at radius 2 is 1.83 bits per heavy atom. The van der Waals surface area contributed by atoms with Crippen LogP contribution in [0.3, 0.4) is 0 Å². The van der Waals surface area contributed by atoms with Crippen LogP contribution in [0.15, 0.2) is 54.6 Å². The van der Waals surface area contributed by atoms with Gasteiger partial charge in [-0.05, 0) is 29.8 Å². The lowest BCUT2D eigenvalue weighted by molar-refractivity contribution is -0.126. The number of carbonyl (C=O) groups excluding carboxylic acids is 3. The van der Waals surface area contributed by atoms with E-state index in [0.29, 0.717) is 17.9 Å². The maximum atomic E-state index is 13.1. The molecule has 2 aromatic carbocycles. The largest absolute Gasteiger partial charge is 0.497 e. The average Bonchev–Trinajstić information content (AvgIpc) is 2.76. The normalized spacial score (nSPS) is 11.4. The summed E-state index contributed by atoms with van der Waals surface area (Å²) in [6.45, 7) is 0.157. The van der Waals surface area contributed by atoms with Crippen LogP contribution in [-0.4, -0.2) is 50.6 Å². The minimum atomic E-state index is -0.719. The highest BCUT2D eigenvalue weighted by Crippen LogP contribution is 2.19. The van der Waals surface area contributed by atoms with Gasteiger partial charge in [-0.1, -0.05) is 42.3 Å². The Balaban J connectivity index is 2.10. The van der Waals surface area contributed by atoms with Crippen LogP contribution in [0, 0.1) is 0 Å². The number of amides is 2. The van der Waals surface area contributed by atoms with Gasteiger partial charge in [0.25, 0.3) is 0 Å². The molecule has 0 bridgehead atoms. The second-order valence-corrected chi connectivity index (χ2v) is 7.07. The molecule has 2 aromatic rings. The Morgan fingerprint density at radius 1 is 1.14 bits per heavy atom. The second kappa shape index (κ2) is 11.9. The molecule has 0 aliphatic heterocycles. The first-order valence-electron chi connectivity index (χ1n) is 9.08. The predicted octanol–water partition coefficient (Wildman–Crippen LogP) is 1.82. The molecule has 154 valence electrons. The van der Waals surface area contributed by atoms with Gasteiger partial charge in [-0.15, -0.1) is 0 Å². The molecular weight excluding hydrogens is 390 g/mol. The minimum absolute atomic E-state index is 0.0959. The highest BCUT2D eigenvalue weighted by Gasteiger charge is 2.25. The predicted molar refractivity (Wildman–Crippen MR) is 115 cm³/mol. The zero-order chi connectivity index (χ0) is 21.1. The third-order valence-corrected chi connectivity index (χ3v) is 4.96. The van der Waals surface area contributed by atoms with Crippen molar-refractivity contribution in [1.82, 2.24) is 10.0 Å². The molecule has 0 aromatic heterocycles. The summed E-state index contributed by atoms with van der Waals surface area (Å²) in [6, 6.07) is 15.9. The van der Waals surface area contributed by atoms with Crippen LogP contribution in [0.2, 0.25) is 0 Å². The van der Waals surface area contributed by atoms with Crippen LogP contribution >= 0.6 is 11.9 Å². The Hall–Kier alpha value is -2.84. The summed E-state index contributed by atoms with van der Waals surface area (Å²) in [6.07, 6.45) is 1.09. The fourth-order valence-electron chi connectivity index (χ4n) is 2.66. The van der Waals surface area contributed by atoms with Crippen molar-refractivity contribution >= 4 is 35.7 Å². The zero-order valence-electron chi connectivity index (χ0n) is 16.5. The molecule has 2 rings (SSSR count). The molecule has 0 radical (unpaired) electrons. The molecule has 0 saturated heterocycles. The van der Waals surface area contributed by atoms with Gasteiger partial charge in [-0.3, -0.25) is 14.3 Å². The quantitative estimate of drug-likeness (QED) is 0.331. The van der Waals surface area contributed by atoms with E-state index in [2.05, 4.69) is 10.0 Å². The van der Waals surface area contributed by atoms with Crippen molar-refractivity contribution in [3.05, 3.63) is 60.2 Å². The summed E-state index contributed by atoms with van der Waals surface area (Å²) < 4.78 is 7.91. The fourth-order valence-corrected chi connectivity index (χ4v) is 3.16. The molecule has 0 saturated carbocycles. The molecular formula is C21H25N3O4S. The lowest BCUT2D eigenvalue weighted by Gasteiger charge is -2.25. The Kier molecular flexibility index (Phi) is 9.20. The molecule has 0 spiro atoms. The first-order chi connectivity index (χ1) is 14.0. The van der Waals surface area contributed by atoms with Crippen molar-refractivity contribution in [2.24, 2.45) is 0 Å². The highest BCUT2D eigenvalue weighted by atomic mass is 32.2. The molecule has 7 nitrogen and oxygen atoms in total. The van der Waals surface area contributed by atoms with E-state index < -0.39 is 6.04 Å². The number of hydrogen-bond donors (Lipinski definition) is 2. The monoisotopic (exact) mass is 415 g/mol. The summed E-state index contributed by atoms with van der Waals surface area (Å²) in [5.74, 6) is 0.284. The van der Waals surface area contributed by atoms with Crippen molar-refractivity contribution < 1.29 is 19.1 Å². The lowest BCUT2D eigenvalue weighted by atomic mass is 10.0. The van der Waals surface area contributed by atoms with E-state index in [1.165, 1.54) is 4.90 Å². The number of nitrogens with zero attached hydrogens (tertiary/aromatic N) is 1. The van der Waals surface area contributed by atoms with Crippen molar-refractivity contribution in [3.8, 4) is 5.75 Å². The number of carbonyl (C=O) groups is 3. The van der Waals surface area contributed by atoms with E-state index in [9.17, 15) is 14.4 Å². The van der Waals surface area contributed by atoms with Crippen molar-refractivity contribution in [2.75, 3.05) is 31.4 Å². The smallest absolute Gasteiger partial charge is 0.249 e. The van der Waals surface area contributed by atoms with Gasteiger partial charge in [0.15, 0.2) is 0 Å². The van der Waals surface area contributed by atoms with Crippen LogP contribution in [0.1, 0.15) is 5.56 Å². The Morgan fingerprint density at radius 3 is 2.45 bits per heavy atom. The van der Waals surface area contributed by atoms with Crippen molar-refractivity contribution in [1.29, 1.82) is 0 Å². The maximum Gasteiger partial charge on any atom is 0.249 e. The average molecular weight is 416 g/mol. The van der Waals surface area contributed by atoms with Gasteiger partial charge in [0.2, 0.25) is 11.8 Å². The van der Waals surface area contributed by atoms with E-state index in [0.717, 1.165) is 23.8 Å². The fraction of sp³-hybridized carbons (Fsp3) is 0.286. The summed E-state index contributed by atoms with van der Waals surface area (Å²) in [5, 5.41) is 2.81. The Bertz CT molecular complexity index is 799. The molecule has 2 N–H and O–H groups in total. The van der Waals surface area contributed by atoms with Crippen molar-refractivity contribution in [2.45, 2.75) is 12.5 Å². The summed E-state index contributed by atoms with van der Waals surface area (Å²) in [4.78, 5) is 37.3. The zero-order valence-corrected chi connectivity index (χ0v) is 17.3. The molecule has 0 heterocycles. The third-order valence-electron chi connectivity index (χ3n) is 4.18. The number of aldehydes is 1. The standard InChI is InChI=1S/C21H25N3O4S/c1-24(17-8-10-18(28-2)11-9-17)21(27)19(14-16-6-4-3-5-7-16)23-20(26)15-29-22-12-13-25/h3-11,13,19,22H,12,14-15H2,1-2H3,(H,23,26). The minimum Gasteiger partial charge on any atom is -0.497 e. The number of benzene rings is 2. The van der Waals surface area contributed by atoms with E-state index in [-0.39, 0.29) is 24.1 Å². The topological polar surface area (TPSA) is 87.7 Å². The van der Waals surface area contributed by atoms with Crippen LogP contribution in [0.25, 0.3) is 0 Å². The maximum absolute atomic E-state index is 13.1. The molecule has 2 amide bonds.